The van der Waals surface area contributed by atoms with Crippen molar-refractivity contribution in [3.8, 4) is 0 Å². The van der Waals surface area contributed by atoms with E-state index in [1.807, 2.05) is 50.3 Å². The lowest BCUT2D eigenvalue weighted by Crippen LogP contribution is -2.32. The molecule has 1 unspecified atom stereocenters. The van der Waals surface area contributed by atoms with Gasteiger partial charge >= 0.3 is 0 Å². The molecule has 1 aromatic carbocycles. The van der Waals surface area contributed by atoms with Crippen molar-refractivity contribution in [3.63, 3.8) is 0 Å². The second-order valence-electron chi connectivity index (χ2n) is 8.22. The van der Waals surface area contributed by atoms with Gasteiger partial charge in [-0.15, -0.1) is 10.2 Å². The van der Waals surface area contributed by atoms with Crippen molar-refractivity contribution in [1.29, 1.82) is 0 Å². The summed E-state index contributed by atoms with van der Waals surface area (Å²) in [6.07, 6.45) is 5.31. The first-order valence-electron chi connectivity index (χ1n) is 9.71. The van der Waals surface area contributed by atoms with Crippen LogP contribution in [0.15, 0.2) is 28.9 Å². The van der Waals surface area contributed by atoms with E-state index in [9.17, 15) is 4.55 Å². The van der Waals surface area contributed by atoms with E-state index >= 15 is 0 Å². The molecule has 1 saturated heterocycles. The van der Waals surface area contributed by atoms with E-state index in [0.29, 0.717) is 0 Å². The molecule has 3 heterocycles. The fourth-order valence-electron chi connectivity index (χ4n) is 3.48. The molecule has 0 bridgehead atoms. The Morgan fingerprint density at radius 3 is 2.64 bits per heavy atom. The zero-order valence-corrected chi connectivity index (χ0v) is 17.7. The molecule has 1 aliphatic heterocycles. The Labute approximate surface area is 168 Å². The molecule has 2 aromatic heterocycles. The third kappa shape index (κ3) is 3.46. The molecule has 0 radical (unpaired) electrons. The van der Waals surface area contributed by atoms with Gasteiger partial charge in [-0.25, -0.2) is 4.98 Å². The van der Waals surface area contributed by atoms with Gasteiger partial charge in [0.05, 0.1) is 11.2 Å². The maximum Gasteiger partial charge on any atom is 0.213 e. The van der Waals surface area contributed by atoms with Gasteiger partial charge in [-0.3, -0.25) is 4.40 Å². The first-order valence-corrected chi connectivity index (χ1v) is 10.8. The highest BCUT2D eigenvalue weighted by atomic mass is 32.2. The molecular weight excluding hydrogens is 372 g/mol. The maximum atomic E-state index is 12.5. The van der Waals surface area contributed by atoms with Gasteiger partial charge in [-0.05, 0) is 53.0 Å². The standard InChI is InChI=1S/C20H26N6OS/c1-14(24-28(27)20(2,3)4)15-9-8-10-16-17(15)22-19(25-11-6-5-7-12-25)26-13-21-23-18(16)26/h8-10,13H,5-7,11-12H2,1-4H3. The van der Waals surface area contributed by atoms with Crippen LogP contribution in [0.2, 0.25) is 0 Å². The number of piperidine rings is 1. The van der Waals surface area contributed by atoms with E-state index in [4.69, 9.17) is 4.98 Å². The first-order chi connectivity index (χ1) is 13.4. The van der Waals surface area contributed by atoms with Gasteiger partial charge in [0.1, 0.15) is 22.4 Å². The minimum absolute atomic E-state index is 0.404. The molecule has 1 fully saturated rings. The van der Waals surface area contributed by atoms with Crippen LogP contribution in [0.3, 0.4) is 0 Å². The summed E-state index contributed by atoms with van der Waals surface area (Å²) in [5.74, 6) is 0.865. The predicted molar refractivity (Wildman–Crippen MR) is 114 cm³/mol. The first kappa shape index (κ1) is 19.1. The van der Waals surface area contributed by atoms with Crippen LogP contribution in [0.4, 0.5) is 5.95 Å². The molecule has 8 heteroatoms. The average molecular weight is 399 g/mol. The molecule has 0 spiro atoms. The number of aromatic nitrogens is 4. The average Bonchev–Trinajstić information content (AvgIpc) is 3.17. The Kier molecular flexibility index (Phi) is 5.01. The van der Waals surface area contributed by atoms with Crippen LogP contribution in [-0.2, 0) is 11.4 Å². The molecule has 7 nitrogen and oxygen atoms in total. The minimum atomic E-state index is -1.32. The van der Waals surface area contributed by atoms with Crippen LogP contribution in [0.25, 0.3) is 16.6 Å². The Morgan fingerprint density at radius 2 is 1.93 bits per heavy atom. The van der Waals surface area contributed by atoms with Crippen LogP contribution >= 0.6 is 0 Å². The zero-order valence-electron chi connectivity index (χ0n) is 16.8. The maximum absolute atomic E-state index is 12.5. The van der Waals surface area contributed by atoms with Crippen molar-refractivity contribution in [2.75, 3.05) is 18.0 Å². The van der Waals surface area contributed by atoms with Crippen molar-refractivity contribution in [1.82, 2.24) is 19.6 Å². The van der Waals surface area contributed by atoms with E-state index in [2.05, 4.69) is 19.5 Å². The van der Waals surface area contributed by atoms with Crippen molar-refractivity contribution in [3.05, 3.63) is 30.1 Å². The topological polar surface area (TPSA) is 81.7 Å². The number of hydrogen-bond donors (Lipinski definition) is 0. The summed E-state index contributed by atoms with van der Waals surface area (Å²) in [7, 11) is 0. The van der Waals surface area contributed by atoms with Crippen molar-refractivity contribution < 1.29 is 4.55 Å². The number of anilines is 1. The lowest BCUT2D eigenvalue weighted by molar-refractivity contribution is 0.561. The van der Waals surface area contributed by atoms with E-state index in [1.54, 1.807) is 6.33 Å². The number of nitrogens with zero attached hydrogens (tertiary/aromatic N) is 6. The molecule has 28 heavy (non-hydrogen) atoms. The Morgan fingerprint density at radius 1 is 1.18 bits per heavy atom. The Hall–Kier alpha value is -2.19. The van der Waals surface area contributed by atoms with Crippen LogP contribution in [0.1, 0.15) is 52.5 Å². The molecule has 1 aliphatic rings. The third-order valence-electron chi connectivity index (χ3n) is 5.02. The number of fused-ring (bicyclic) bond motifs is 3. The summed E-state index contributed by atoms with van der Waals surface area (Å²) in [5, 5.41) is 9.40. The summed E-state index contributed by atoms with van der Waals surface area (Å²) >= 11 is -1.32. The Bertz CT molecular complexity index is 1030. The van der Waals surface area contributed by atoms with Crippen LogP contribution in [-0.4, -0.2) is 47.7 Å². The largest absolute Gasteiger partial charge is 0.591 e. The Balaban J connectivity index is 1.90. The highest BCUT2D eigenvalue weighted by molar-refractivity contribution is 7.91. The van der Waals surface area contributed by atoms with E-state index in [1.165, 1.54) is 6.42 Å². The van der Waals surface area contributed by atoms with Gasteiger partial charge in [0.2, 0.25) is 5.95 Å². The fraction of sp³-hybridized carbons (Fsp3) is 0.500. The molecule has 3 aromatic rings. The van der Waals surface area contributed by atoms with Crippen molar-refractivity contribution in [2.24, 2.45) is 4.40 Å². The van der Waals surface area contributed by atoms with Crippen molar-refractivity contribution >= 4 is 39.6 Å². The number of rotatable bonds is 3. The van der Waals surface area contributed by atoms with Gasteiger partial charge in [-0.1, -0.05) is 16.5 Å². The zero-order chi connectivity index (χ0) is 19.9. The SMILES string of the molecule is CC(=N[S+]([O-])C(C)(C)C)c1cccc2c1nc(N1CCCCC1)n1cnnc21. The molecule has 1 atom stereocenters. The van der Waals surface area contributed by atoms with Crippen LogP contribution in [0, 0.1) is 0 Å². The summed E-state index contributed by atoms with van der Waals surface area (Å²) in [5.41, 5.74) is 3.23. The number of hydrogen-bond acceptors (Lipinski definition) is 6. The highest BCUT2D eigenvalue weighted by Crippen LogP contribution is 2.28. The van der Waals surface area contributed by atoms with Gasteiger partial charge in [0, 0.05) is 24.0 Å². The molecule has 0 saturated carbocycles. The molecule has 148 valence electrons. The van der Waals surface area contributed by atoms with Gasteiger partial charge in [-0.2, -0.15) is 0 Å². The third-order valence-corrected chi connectivity index (χ3v) is 6.51. The second-order valence-corrected chi connectivity index (χ2v) is 10.1. The summed E-state index contributed by atoms with van der Waals surface area (Å²) < 4.78 is 18.6. The normalized spacial score (nSPS) is 17.5. The lowest BCUT2D eigenvalue weighted by atomic mass is 10.1. The summed E-state index contributed by atoms with van der Waals surface area (Å²) in [6, 6.07) is 5.96. The van der Waals surface area contributed by atoms with Gasteiger partial charge in [0.25, 0.3) is 0 Å². The second kappa shape index (κ2) is 7.33. The number of benzene rings is 1. The highest BCUT2D eigenvalue weighted by Gasteiger charge is 2.27. The molecule has 0 N–H and O–H groups in total. The molecule has 0 aliphatic carbocycles. The van der Waals surface area contributed by atoms with Gasteiger partial charge < -0.3 is 9.45 Å². The molecule has 0 amide bonds. The smallest absolute Gasteiger partial charge is 0.213 e. The van der Waals surface area contributed by atoms with Crippen LogP contribution < -0.4 is 4.90 Å². The minimum Gasteiger partial charge on any atom is -0.591 e. The summed E-state index contributed by atoms with van der Waals surface area (Å²) in [4.78, 5) is 7.32. The lowest BCUT2D eigenvalue weighted by Gasteiger charge is -2.28. The van der Waals surface area contributed by atoms with E-state index in [0.717, 1.165) is 59.7 Å². The van der Waals surface area contributed by atoms with E-state index < -0.39 is 16.1 Å². The number of para-hydroxylation sites is 1. The fourth-order valence-corrected chi connectivity index (χ4v) is 4.10. The predicted octanol–water partition coefficient (Wildman–Crippen LogP) is 3.54. The molecular formula is C20H26N6OS. The summed E-state index contributed by atoms with van der Waals surface area (Å²) in [6.45, 7) is 9.64. The monoisotopic (exact) mass is 398 g/mol. The molecule has 4 rings (SSSR count). The van der Waals surface area contributed by atoms with E-state index in [-0.39, 0.29) is 0 Å². The van der Waals surface area contributed by atoms with Gasteiger partial charge in [0.15, 0.2) is 5.65 Å². The quantitative estimate of drug-likeness (QED) is 0.498. The van der Waals surface area contributed by atoms with Crippen LogP contribution in [0.5, 0.6) is 0 Å². The van der Waals surface area contributed by atoms with Crippen molar-refractivity contribution in [2.45, 2.75) is 51.7 Å².